The van der Waals surface area contributed by atoms with Gasteiger partial charge in [0, 0.05) is 12.6 Å². The molecule has 1 aromatic carbocycles. The minimum absolute atomic E-state index is 0.0726. The molecule has 0 heterocycles. The molecule has 3 N–H and O–H groups in total. The Kier molecular flexibility index (Phi) is 6.36. The molecule has 0 bridgehead atoms. The number of carbonyl (C=O) groups is 1. The highest BCUT2D eigenvalue weighted by molar-refractivity contribution is 5.81. The number of hydrogen-bond donors (Lipinski definition) is 2. The quantitative estimate of drug-likeness (QED) is 0.793. The van der Waals surface area contributed by atoms with Crippen molar-refractivity contribution in [1.29, 1.82) is 0 Å². The van der Waals surface area contributed by atoms with Crippen LogP contribution in [0.25, 0.3) is 0 Å². The molecule has 1 amide bonds. The van der Waals surface area contributed by atoms with Gasteiger partial charge in [0.15, 0.2) is 6.10 Å². The lowest BCUT2D eigenvalue weighted by atomic mass is 10.1. The van der Waals surface area contributed by atoms with Crippen molar-refractivity contribution < 1.29 is 9.53 Å². The average molecular weight is 264 g/mol. The lowest BCUT2D eigenvalue weighted by molar-refractivity contribution is -0.128. The summed E-state index contributed by atoms with van der Waals surface area (Å²) in [6, 6.07) is 7.70. The molecule has 0 aliphatic carbocycles. The second kappa shape index (κ2) is 7.79. The van der Waals surface area contributed by atoms with Crippen LogP contribution in [0.5, 0.6) is 5.75 Å². The Bertz CT molecular complexity index is 386. The van der Waals surface area contributed by atoms with Crippen LogP contribution in [0.15, 0.2) is 24.3 Å². The third-order valence-electron chi connectivity index (χ3n) is 3.17. The Balaban J connectivity index is 2.53. The molecule has 4 heteroatoms. The minimum Gasteiger partial charge on any atom is -0.481 e. The van der Waals surface area contributed by atoms with Crippen LogP contribution in [0.2, 0.25) is 0 Å². The first-order valence-corrected chi connectivity index (χ1v) is 6.86. The minimum atomic E-state index is -0.496. The van der Waals surface area contributed by atoms with Crippen LogP contribution in [0.4, 0.5) is 0 Å². The number of hydrogen-bond acceptors (Lipinski definition) is 3. The van der Waals surface area contributed by atoms with Gasteiger partial charge in [-0.15, -0.1) is 0 Å². The first-order valence-electron chi connectivity index (χ1n) is 6.86. The molecule has 0 aliphatic heterocycles. The van der Waals surface area contributed by atoms with Gasteiger partial charge < -0.3 is 15.8 Å². The normalized spacial score (nSPS) is 12.3. The second-order valence-electron chi connectivity index (χ2n) is 4.63. The predicted octanol–water partition coefficient (Wildman–Crippen LogP) is 2.22. The Morgan fingerprint density at radius 1 is 1.26 bits per heavy atom. The molecule has 0 saturated heterocycles. The van der Waals surface area contributed by atoms with E-state index in [9.17, 15) is 4.79 Å². The maximum Gasteiger partial charge on any atom is 0.260 e. The molecule has 0 aliphatic rings. The average Bonchev–Trinajstić information content (AvgIpc) is 2.45. The van der Waals surface area contributed by atoms with Crippen LogP contribution in [0, 0.1) is 0 Å². The molecular formula is C15H24N2O2. The SMILES string of the molecule is CCC(CC)NC(=O)C(C)Oc1ccc(CN)cc1. The second-order valence-corrected chi connectivity index (χ2v) is 4.63. The zero-order chi connectivity index (χ0) is 14.3. The number of carbonyl (C=O) groups excluding carboxylic acids is 1. The van der Waals surface area contributed by atoms with Crippen LogP contribution in [-0.2, 0) is 11.3 Å². The number of amides is 1. The molecule has 0 fully saturated rings. The molecule has 1 aromatic rings. The van der Waals surface area contributed by atoms with Crippen molar-refractivity contribution in [3.8, 4) is 5.75 Å². The van der Waals surface area contributed by atoms with Crippen molar-refractivity contribution >= 4 is 5.91 Å². The summed E-state index contributed by atoms with van der Waals surface area (Å²) in [6.45, 7) is 6.39. The lowest BCUT2D eigenvalue weighted by Gasteiger charge is -2.19. The first kappa shape index (κ1) is 15.5. The first-order chi connectivity index (χ1) is 9.10. The Morgan fingerprint density at radius 2 is 1.84 bits per heavy atom. The number of ether oxygens (including phenoxy) is 1. The Hall–Kier alpha value is -1.55. The highest BCUT2D eigenvalue weighted by atomic mass is 16.5. The van der Waals surface area contributed by atoms with E-state index in [0.29, 0.717) is 12.3 Å². The van der Waals surface area contributed by atoms with Crippen LogP contribution >= 0.6 is 0 Å². The largest absolute Gasteiger partial charge is 0.481 e. The standard InChI is InChI=1S/C15H24N2O2/c1-4-13(5-2)17-15(18)11(3)19-14-8-6-12(10-16)7-9-14/h6-9,11,13H,4-5,10,16H2,1-3H3,(H,17,18). The Labute approximate surface area is 115 Å². The molecule has 106 valence electrons. The molecule has 0 spiro atoms. The fourth-order valence-corrected chi connectivity index (χ4v) is 1.77. The third kappa shape index (κ3) is 4.91. The molecule has 19 heavy (non-hydrogen) atoms. The van der Waals surface area contributed by atoms with E-state index in [-0.39, 0.29) is 11.9 Å². The topological polar surface area (TPSA) is 64.3 Å². The predicted molar refractivity (Wildman–Crippen MR) is 76.9 cm³/mol. The third-order valence-corrected chi connectivity index (χ3v) is 3.17. The molecule has 0 aromatic heterocycles. The van der Waals surface area contributed by atoms with E-state index in [1.165, 1.54) is 0 Å². The summed E-state index contributed by atoms with van der Waals surface area (Å²) in [6.07, 6.45) is 1.37. The van der Waals surface area contributed by atoms with Gasteiger partial charge >= 0.3 is 0 Å². The van der Waals surface area contributed by atoms with Gasteiger partial charge in [0.2, 0.25) is 0 Å². The fraction of sp³-hybridized carbons (Fsp3) is 0.533. The lowest BCUT2D eigenvalue weighted by Crippen LogP contribution is -2.42. The van der Waals surface area contributed by atoms with Crippen LogP contribution in [0.1, 0.15) is 39.2 Å². The number of benzene rings is 1. The van der Waals surface area contributed by atoms with Crippen molar-refractivity contribution in [2.24, 2.45) is 5.73 Å². The van der Waals surface area contributed by atoms with Crippen LogP contribution < -0.4 is 15.8 Å². The Morgan fingerprint density at radius 3 is 2.32 bits per heavy atom. The van der Waals surface area contributed by atoms with E-state index in [1.807, 2.05) is 24.3 Å². The maximum absolute atomic E-state index is 11.9. The van der Waals surface area contributed by atoms with Gasteiger partial charge in [0.05, 0.1) is 0 Å². The summed E-state index contributed by atoms with van der Waals surface area (Å²) >= 11 is 0. The van der Waals surface area contributed by atoms with Crippen molar-refractivity contribution in [1.82, 2.24) is 5.32 Å². The molecule has 1 atom stereocenters. The summed E-state index contributed by atoms with van der Waals surface area (Å²) in [5.41, 5.74) is 6.57. The summed E-state index contributed by atoms with van der Waals surface area (Å²) in [5.74, 6) is 0.612. The van der Waals surface area contributed by atoms with E-state index >= 15 is 0 Å². The number of nitrogens with one attached hydrogen (secondary N) is 1. The molecule has 1 rings (SSSR count). The smallest absolute Gasteiger partial charge is 0.260 e. The van der Waals surface area contributed by atoms with E-state index in [2.05, 4.69) is 19.2 Å². The zero-order valence-electron chi connectivity index (χ0n) is 12.0. The number of nitrogens with two attached hydrogens (primary N) is 1. The van der Waals surface area contributed by atoms with Crippen molar-refractivity contribution in [3.05, 3.63) is 29.8 Å². The van der Waals surface area contributed by atoms with Crippen molar-refractivity contribution in [3.63, 3.8) is 0 Å². The van der Waals surface area contributed by atoms with Gasteiger partial charge in [-0.05, 0) is 37.5 Å². The van der Waals surface area contributed by atoms with Gasteiger partial charge in [0.1, 0.15) is 5.75 Å². The van der Waals surface area contributed by atoms with Crippen molar-refractivity contribution in [2.45, 2.75) is 52.3 Å². The summed E-state index contributed by atoms with van der Waals surface area (Å²) in [5, 5.41) is 2.97. The summed E-state index contributed by atoms with van der Waals surface area (Å²) in [4.78, 5) is 11.9. The summed E-state index contributed by atoms with van der Waals surface area (Å²) < 4.78 is 5.61. The van der Waals surface area contributed by atoms with E-state index in [4.69, 9.17) is 10.5 Å². The number of rotatable bonds is 7. The van der Waals surface area contributed by atoms with Crippen LogP contribution in [-0.4, -0.2) is 18.1 Å². The zero-order valence-corrected chi connectivity index (χ0v) is 12.0. The molecule has 4 nitrogen and oxygen atoms in total. The van der Waals surface area contributed by atoms with E-state index < -0.39 is 6.10 Å². The fourth-order valence-electron chi connectivity index (χ4n) is 1.77. The van der Waals surface area contributed by atoms with Gasteiger partial charge in [0.25, 0.3) is 5.91 Å². The van der Waals surface area contributed by atoms with Crippen molar-refractivity contribution in [2.75, 3.05) is 0 Å². The summed E-state index contributed by atoms with van der Waals surface area (Å²) in [7, 11) is 0. The van der Waals surface area contributed by atoms with Gasteiger partial charge in [-0.1, -0.05) is 26.0 Å². The van der Waals surface area contributed by atoms with Crippen LogP contribution in [0.3, 0.4) is 0 Å². The highest BCUT2D eigenvalue weighted by Crippen LogP contribution is 2.13. The maximum atomic E-state index is 11.9. The highest BCUT2D eigenvalue weighted by Gasteiger charge is 2.17. The molecular weight excluding hydrogens is 240 g/mol. The van der Waals surface area contributed by atoms with Gasteiger partial charge in [-0.2, -0.15) is 0 Å². The van der Waals surface area contributed by atoms with Gasteiger partial charge in [-0.25, -0.2) is 0 Å². The van der Waals surface area contributed by atoms with E-state index in [1.54, 1.807) is 6.92 Å². The van der Waals surface area contributed by atoms with E-state index in [0.717, 1.165) is 18.4 Å². The van der Waals surface area contributed by atoms with Gasteiger partial charge in [-0.3, -0.25) is 4.79 Å². The molecule has 1 unspecified atom stereocenters. The monoisotopic (exact) mass is 264 g/mol. The molecule has 0 radical (unpaired) electrons. The molecule has 0 saturated carbocycles.